The van der Waals surface area contributed by atoms with Gasteiger partial charge in [0, 0.05) is 0 Å². The number of nitrogens with zero attached hydrogens (tertiary/aromatic N) is 1. The first-order valence-corrected chi connectivity index (χ1v) is 4.29. The van der Waals surface area contributed by atoms with Crippen molar-refractivity contribution in [2.45, 2.75) is 0 Å². The summed E-state index contributed by atoms with van der Waals surface area (Å²) >= 11 is 1.31. The van der Waals surface area contributed by atoms with Crippen LogP contribution in [0.4, 0.5) is 0 Å². The molecule has 13 heavy (non-hydrogen) atoms. The predicted molar refractivity (Wildman–Crippen MR) is 47.5 cm³/mol. The van der Waals surface area contributed by atoms with E-state index in [0.717, 1.165) is 4.70 Å². The highest BCUT2D eigenvalue weighted by Gasteiger charge is 2.11. The molecule has 2 rings (SSSR count). The average Bonchev–Trinajstić information content (AvgIpc) is 2.58. The fourth-order valence-electron chi connectivity index (χ4n) is 0.996. The predicted octanol–water partition coefficient (Wildman–Crippen LogP) is 1.33. The summed E-state index contributed by atoms with van der Waals surface area (Å²) in [4.78, 5) is 17.2. The lowest BCUT2D eigenvalue weighted by Crippen LogP contribution is -1.95. The minimum absolute atomic E-state index is 0.149. The van der Waals surface area contributed by atoms with E-state index in [1.165, 1.54) is 24.5 Å². The van der Waals surface area contributed by atoms with E-state index in [0.29, 0.717) is 10.8 Å². The number of carboxylic acid groups (broad SMARTS) is 1. The standard InChI is InChI=1S/C7H6N2O3S/c1-12-7-9-5-4(13-7)2-3(8-5)6(10)11/h2,8H,1H3,(H,10,11). The number of fused-ring (bicyclic) bond motifs is 1. The summed E-state index contributed by atoms with van der Waals surface area (Å²) in [5.74, 6) is -0.982. The van der Waals surface area contributed by atoms with E-state index < -0.39 is 5.97 Å². The SMILES string of the molecule is COc1nc2[nH]c(C(=O)O)cc2s1. The third-order valence-corrected chi connectivity index (χ3v) is 2.53. The van der Waals surface area contributed by atoms with Gasteiger partial charge in [-0.05, 0) is 6.07 Å². The smallest absolute Gasteiger partial charge is 0.352 e. The number of ether oxygens (including phenoxy) is 1. The average molecular weight is 198 g/mol. The molecule has 0 unspecified atom stereocenters. The Hall–Kier alpha value is -1.56. The molecule has 2 heterocycles. The number of aromatic carboxylic acids is 1. The van der Waals surface area contributed by atoms with Crippen LogP contribution in [-0.2, 0) is 0 Å². The highest BCUT2D eigenvalue weighted by molar-refractivity contribution is 7.20. The van der Waals surface area contributed by atoms with E-state index in [1.807, 2.05) is 0 Å². The summed E-state index contributed by atoms with van der Waals surface area (Å²) < 4.78 is 5.68. The Morgan fingerprint density at radius 1 is 1.77 bits per heavy atom. The van der Waals surface area contributed by atoms with Crippen LogP contribution in [0.25, 0.3) is 10.3 Å². The number of methoxy groups -OCH3 is 1. The van der Waals surface area contributed by atoms with Crippen LogP contribution in [0.5, 0.6) is 5.19 Å². The summed E-state index contributed by atoms with van der Waals surface area (Å²) in [7, 11) is 1.52. The molecule has 0 aromatic carbocycles. The minimum atomic E-state index is -0.982. The first kappa shape index (κ1) is 8.06. The zero-order valence-electron chi connectivity index (χ0n) is 6.70. The second-order valence-corrected chi connectivity index (χ2v) is 3.38. The largest absolute Gasteiger partial charge is 0.477 e. The molecule has 0 spiro atoms. The highest BCUT2D eigenvalue weighted by Crippen LogP contribution is 2.27. The molecule has 0 saturated carbocycles. The van der Waals surface area contributed by atoms with Gasteiger partial charge < -0.3 is 14.8 Å². The summed E-state index contributed by atoms with van der Waals surface area (Å²) in [6, 6.07) is 1.54. The van der Waals surface area contributed by atoms with Gasteiger partial charge in [0.15, 0.2) is 5.65 Å². The van der Waals surface area contributed by atoms with E-state index in [1.54, 1.807) is 0 Å². The minimum Gasteiger partial charge on any atom is -0.477 e. The lowest BCUT2D eigenvalue weighted by Gasteiger charge is -1.87. The molecule has 0 saturated heterocycles. The van der Waals surface area contributed by atoms with Gasteiger partial charge in [-0.3, -0.25) is 0 Å². The molecular formula is C7H6N2O3S. The number of H-pyrrole nitrogens is 1. The fourth-order valence-corrected chi connectivity index (χ4v) is 1.77. The topological polar surface area (TPSA) is 75.2 Å². The number of hydrogen-bond donors (Lipinski definition) is 2. The van der Waals surface area contributed by atoms with Gasteiger partial charge in [-0.25, -0.2) is 4.79 Å². The number of rotatable bonds is 2. The van der Waals surface area contributed by atoms with Crippen molar-refractivity contribution < 1.29 is 14.6 Å². The summed E-state index contributed by atoms with van der Waals surface area (Å²) in [6.07, 6.45) is 0. The maximum atomic E-state index is 10.5. The summed E-state index contributed by atoms with van der Waals surface area (Å²) in [6.45, 7) is 0. The van der Waals surface area contributed by atoms with Gasteiger partial charge >= 0.3 is 5.97 Å². The molecule has 5 nitrogen and oxygen atoms in total. The normalized spacial score (nSPS) is 10.5. The number of carboxylic acids is 1. The molecule has 0 aliphatic carbocycles. The lowest BCUT2D eigenvalue weighted by molar-refractivity contribution is 0.0691. The van der Waals surface area contributed by atoms with E-state index in [-0.39, 0.29) is 5.69 Å². The van der Waals surface area contributed by atoms with E-state index >= 15 is 0 Å². The van der Waals surface area contributed by atoms with Crippen molar-refractivity contribution in [2.24, 2.45) is 0 Å². The Bertz CT molecular complexity index is 428. The number of nitrogens with one attached hydrogen (secondary N) is 1. The fraction of sp³-hybridized carbons (Fsp3) is 0.143. The maximum Gasteiger partial charge on any atom is 0.352 e. The van der Waals surface area contributed by atoms with Crippen LogP contribution >= 0.6 is 11.3 Å². The molecule has 6 heteroatoms. The van der Waals surface area contributed by atoms with Crippen LogP contribution in [0.15, 0.2) is 6.07 Å². The van der Waals surface area contributed by atoms with Crippen molar-refractivity contribution in [3.05, 3.63) is 11.8 Å². The summed E-state index contributed by atoms with van der Waals surface area (Å²) in [5, 5.41) is 9.17. The highest BCUT2D eigenvalue weighted by atomic mass is 32.1. The van der Waals surface area contributed by atoms with Crippen molar-refractivity contribution in [1.82, 2.24) is 9.97 Å². The second kappa shape index (κ2) is 2.74. The molecule has 0 amide bonds. The first-order valence-electron chi connectivity index (χ1n) is 3.47. The quantitative estimate of drug-likeness (QED) is 0.763. The molecule has 2 aromatic rings. The van der Waals surface area contributed by atoms with E-state index in [4.69, 9.17) is 9.84 Å². The second-order valence-electron chi connectivity index (χ2n) is 2.38. The van der Waals surface area contributed by atoms with Crippen molar-refractivity contribution in [1.29, 1.82) is 0 Å². The van der Waals surface area contributed by atoms with E-state index in [2.05, 4.69) is 9.97 Å². The molecule has 0 radical (unpaired) electrons. The molecule has 0 aliphatic rings. The third kappa shape index (κ3) is 1.25. The molecule has 68 valence electrons. The molecule has 2 N–H and O–H groups in total. The van der Waals surface area contributed by atoms with Crippen LogP contribution in [0, 0.1) is 0 Å². The Morgan fingerprint density at radius 3 is 3.08 bits per heavy atom. The van der Waals surface area contributed by atoms with Gasteiger partial charge in [-0.1, -0.05) is 11.3 Å². The maximum absolute atomic E-state index is 10.5. The van der Waals surface area contributed by atoms with E-state index in [9.17, 15) is 4.79 Å². The van der Waals surface area contributed by atoms with Gasteiger partial charge in [-0.15, -0.1) is 0 Å². The summed E-state index contributed by atoms with van der Waals surface area (Å²) in [5.41, 5.74) is 0.704. The number of hydrogen-bond acceptors (Lipinski definition) is 4. The van der Waals surface area contributed by atoms with Crippen LogP contribution in [0.2, 0.25) is 0 Å². The Morgan fingerprint density at radius 2 is 2.54 bits per heavy atom. The van der Waals surface area contributed by atoms with Gasteiger partial charge in [0.2, 0.25) is 0 Å². The Kier molecular flexibility index (Phi) is 1.70. The van der Waals surface area contributed by atoms with Crippen LogP contribution < -0.4 is 4.74 Å². The van der Waals surface area contributed by atoms with Crippen molar-refractivity contribution in [2.75, 3.05) is 7.11 Å². The Labute approximate surface area is 77.0 Å². The Balaban J connectivity index is 2.54. The molecule has 0 bridgehead atoms. The zero-order valence-corrected chi connectivity index (χ0v) is 7.51. The van der Waals surface area contributed by atoms with Crippen LogP contribution in [0.3, 0.4) is 0 Å². The number of thiazole rings is 1. The molecule has 0 atom stereocenters. The lowest BCUT2D eigenvalue weighted by atomic mass is 10.4. The number of aromatic nitrogens is 2. The third-order valence-electron chi connectivity index (χ3n) is 1.57. The van der Waals surface area contributed by atoms with Gasteiger partial charge in [0.25, 0.3) is 5.19 Å². The molecule has 0 aliphatic heterocycles. The van der Waals surface area contributed by atoms with Crippen molar-refractivity contribution in [3.63, 3.8) is 0 Å². The molecule has 0 fully saturated rings. The number of carbonyl (C=O) groups is 1. The monoisotopic (exact) mass is 198 g/mol. The van der Waals surface area contributed by atoms with Crippen molar-refractivity contribution in [3.8, 4) is 5.19 Å². The van der Waals surface area contributed by atoms with Gasteiger partial charge in [-0.2, -0.15) is 4.98 Å². The van der Waals surface area contributed by atoms with Gasteiger partial charge in [0.05, 0.1) is 11.8 Å². The first-order chi connectivity index (χ1) is 6.20. The van der Waals surface area contributed by atoms with Crippen LogP contribution in [0.1, 0.15) is 10.5 Å². The zero-order chi connectivity index (χ0) is 9.42. The molecular weight excluding hydrogens is 192 g/mol. The van der Waals surface area contributed by atoms with Crippen LogP contribution in [-0.4, -0.2) is 28.2 Å². The number of aromatic amines is 1. The van der Waals surface area contributed by atoms with Gasteiger partial charge in [0.1, 0.15) is 5.69 Å². The van der Waals surface area contributed by atoms with Crippen molar-refractivity contribution >= 4 is 27.7 Å². The molecule has 2 aromatic heterocycles.